The van der Waals surface area contributed by atoms with Crippen LogP contribution in [0.2, 0.25) is 0 Å². The third-order valence-electron chi connectivity index (χ3n) is 2.62. The van der Waals surface area contributed by atoms with Gasteiger partial charge in [-0.25, -0.2) is 4.98 Å². The molecule has 5 nitrogen and oxygen atoms in total. The molecule has 0 unspecified atom stereocenters. The minimum absolute atomic E-state index is 0.433. The van der Waals surface area contributed by atoms with E-state index < -0.39 is 0 Å². The Balaban J connectivity index is 2.11. The molecule has 0 saturated carbocycles. The Labute approximate surface area is 106 Å². The molecule has 1 aromatic heterocycles. The van der Waals surface area contributed by atoms with E-state index in [9.17, 15) is 0 Å². The maximum atomic E-state index is 5.50. The van der Waals surface area contributed by atoms with E-state index in [1.54, 1.807) is 19.5 Å². The molecule has 0 aliphatic rings. The summed E-state index contributed by atoms with van der Waals surface area (Å²) in [5.41, 5.74) is 7.44. The maximum absolute atomic E-state index is 5.50. The van der Waals surface area contributed by atoms with Gasteiger partial charge in [-0.3, -0.25) is 4.98 Å². The molecule has 0 bridgehead atoms. The van der Waals surface area contributed by atoms with Crippen LogP contribution in [0.15, 0.2) is 36.7 Å². The fourth-order valence-electron chi connectivity index (χ4n) is 1.63. The Morgan fingerprint density at radius 1 is 1.28 bits per heavy atom. The Bertz CT molecular complexity index is 513. The van der Waals surface area contributed by atoms with Gasteiger partial charge in [-0.2, -0.15) is 0 Å². The zero-order valence-electron chi connectivity index (χ0n) is 10.5. The second-order valence-electron chi connectivity index (χ2n) is 3.99. The molecule has 0 aliphatic carbocycles. The number of aromatic nitrogens is 2. The molecule has 0 radical (unpaired) electrons. The van der Waals surface area contributed by atoms with E-state index in [2.05, 4.69) is 14.9 Å². The van der Waals surface area contributed by atoms with Gasteiger partial charge in [0.2, 0.25) is 0 Å². The van der Waals surface area contributed by atoms with E-state index in [1.165, 1.54) is 0 Å². The van der Waals surface area contributed by atoms with Crippen molar-refractivity contribution < 1.29 is 4.74 Å². The van der Waals surface area contributed by atoms with Gasteiger partial charge >= 0.3 is 0 Å². The zero-order chi connectivity index (χ0) is 13.0. The molecule has 0 aliphatic heterocycles. The summed E-state index contributed by atoms with van der Waals surface area (Å²) in [6, 6.07) is 7.87. The Kier molecular flexibility index (Phi) is 3.62. The fraction of sp³-hybridized carbons (Fsp3) is 0.231. The molecular formula is C13H16N4O. The van der Waals surface area contributed by atoms with Crippen molar-refractivity contribution in [2.75, 3.05) is 24.8 Å². The first-order valence-electron chi connectivity index (χ1n) is 5.60. The summed E-state index contributed by atoms with van der Waals surface area (Å²) in [6.45, 7) is 0.667. The lowest BCUT2D eigenvalue weighted by molar-refractivity contribution is 0.415. The molecule has 5 heteroatoms. The van der Waals surface area contributed by atoms with E-state index in [0.29, 0.717) is 12.4 Å². The highest BCUT2D eigenvalue weighted by molar-refractivity contribution is 5.50. The number of rotatable bonds is 4. The zero-order valence-corrected chi connectivity index (χ0v) is 10.5. The number of anilines is 2. The van der Waals surface area contributed by atoms with Crippen molar-refractivity contribution in [3.8, 4) is 5.75 Å². The molecule has 0 amide bonds. The quantitative estimate of drug-likeness (QED) is 0.886. The van der Waals surface area contributed by atoms with E-state index >= 15 is 0 Å². The van der Waals surface area contributed by atoms with Crippen LogP contribution in [-0.2, 0) is 6.54 Å². The van der Waals surface area contributed by atoms with Crippen LogP contribution in [0, 0.1) is 0 Å². The first kappa shape index (κ1) is 12.2. The van der Waals surface area contributed by atoms with Gasteiger partial charge < -0.3 is 15.4 Å². The molecule has 94 valence electrons. The summed E-state index contributed by atoms with van der Waals surface area (Å²) in [5.74, 6) is 1.27. The van der Waals surface area contributed by atoms with Crippen LogP contribution < -0.4 is 15.4 Å². The van der Waals surface area contributed by atoms with Gasteiger partial charge in [0.05, 0.1) is 31.7 Å². The van der Waals surface area contributed by atoms with Crippen LogP contribution in [0.1, 0.15) is 5.69 Å². The number of methoxy groups -OCH3 is 1. The summed E-state index contributed by atoms with van der Waals surface area (Å²) in [7, 11) is 3.65. The SMILES string of the molecule is COc1cccc(N(C)Cc2cnc(N)cn2)c1. The van der Waals surface area contributed by atoms with Gasteiger partial charge in [0, 0.05) is 18.8 Å². The van der Waals surface area contributed by atoms with Crippen molar-refractivity contribution in [3.05, 3.63) is 42.4 Å². The predicted octanol–water partition coefficient (Wildman–Crippen LogP) is 1.70. The van der Waals surface area contributed by atoms with Gasteiger partial charge in [-0.1, -0.05) is 6.07 Å². The van der Waals surface area contributed by atoms with Crippen molar-refractivity contribution in [2.24, 2.45) is 0 Å². The van der Waals surface area contributed by atoms with Gasteiger partial charge in [-0.15, -0.1) is 0 Å². The average molecular weight is 244 g/mol. The van der Waals surface area contributed by atoms with Crippen molar-refractivity contribution in [2.45, 2.75) is 6.54 Å². The highest BCUT2D eigenvalue weighted by Gasteiger charge is 2.04. The monoisotopic (exact) mass is 244 g/mol. The van der Waals surface area contributed by atoms with Crippen molar-refractivity contribution in [1.29, 1.82) is 0 Å². The van der Waals surface area contributed by atoms with Crippen LogP contribution in [0.5, 0.6) is 5.75 Å². The molecule has 2 aromatic rings. The summed E-state index contributed by atoms with van der Waals surface area (Å²) >= 11 is 0. The number of nitrogens with two attached hydrogens (primary N) is 1. The molecule has 1 heterocycles. The summed E-state index contributed by atoms with van der Waals surface area (Å²) in [6.07, 6.45) is 3.25. The molecule has 0 fully saturated rings. The fourth-order valence-corrected chi connectivity index (χ4v) is 1.63. The maximum Gasteiger partial charge on any atom is 0.141 e. The van der Waals surface area contributed by atoms with Gasteiger partial charge in [0.15, 0.2) is 0 Å². The van der Waals surface area contributed by atoms with E-state index in [4.69, 9.17) is 10.5 Å². The molecular weight excluding hydrogens is 228 g/mol. The molecule has 0 atom stereocenters. The van der Waals surface area contributed by atoms with E-state index in [-0.39, 0.29) is 0 Å². The van der Waals surface area contributed by atoms with Gasteiger partial charge in [0.1, 0.15) is 11.6 Å². The number of ether oxygens (including phenoxy) is 1. The number of benzene rings is 1. The van der Waals surface area contributed by atoms with Crippen LogP contribution in [-0.4, -0.2) is 24.1 Å². The summed E-state index contributed by atoms with van der Waals surface area (Å²) in [5, 5.41) is 0. The Morgan fingerprint density at radius 2 is 2.11 bits per heavy atom. The minimum atomic E-state index is 0.433. The van der Waals surface area contributed by atoms with Gasteiger partial charge in [-0.05, 0) is 12.1 Å². The predicted molar refractivity (Wildman–Crippen MR) is 71.5 cm³/mol. The summed E-state index contributed by atoms with van der Waals surface area (Å²) in [4.78, 5) is 10.3. The highest BCUT2D eigenvalue weighted by atomic mass is 16.5. The molecule has 0 spiro atoms. The normalized spacial score (nSPS) is 10.1. The third-order valence-corrected chi connectivity index (χ3v) is 2.62. The summed E-state index contributed by atoms with van der Waals surface area (Å²) < 4.78 is 5.20. The third kappa shape index (κ3) is 2.88. The van der Waals surface area contributed by atoms with Crippen molar-refractivity contribution >= 4 is 11.5 Å². The molecule has 2 N–H and O–H groups in total. The van der Waals surface area contributed by atoms with Crippen LogP contribution in [0.25, 0.3) is 0 Å². The lowest BCUT2D eigenvalue weighted by Gasteiger charge is -2.19. The lowest BCUT2D eigenvalue weighted by atomic mass is 10.2. The number of nitrogen functional groups attached to an aromatic ring is 1. The van der Waals surface area contributed by atoms with Crippen LogP contribution in [0.4, 0.5) is 11.5 Å². The molecule has 0 saturated heterocycles. The second kappa shape index (κ2) is 5.35. The highest BCUT2D eigenvalue weighted by Crippen LogP contribution is 2.20. The van der Waals surface area contributed by atoms with E-state index in [1.807, 2.05) is 31.3 Å². The van der Waals surface area contributed by atoms with Crippen LogP contribution in [0.3, 0.4) is 0 Å². The largest absolute Gasteiger partial charge is 0.497 e. The average Bonchev–Trinajstić information content (AvgIpc) is 2.41. The van der Waals surface area contributed by atoms with Crippen LogP contribution >= 0.6 is 0 Å². The standard InChI is InChI=1S/C13H16N4O/c1-17(9-10-7-16-13(14)8-15-10)11-4-3-5-12(6-11)18-2/h3-8H,9H2,1-2H3,(H2,14,16). The first-order chi connectivity index (χ1) is 8.69. The lowest BCUT2D eigenvalue weighted by Crippen LogP contribution is -2.17. The van der Waals surface area contributed by atoms with E-state index in [0.717, 1.165) is 17.1 Å². The van der Waals surface area contributed by atoms with Crippen molar-refractivity contribution in [1.82, 2.24) is 9.97 Å². The van der Waals surface area contributed by atoms with Gasteiger partial charge in [0.25, 0.3) is 0 Å². The number of hydrogen-bond donors (Lipinski definition) is 1. The smallest absolute Gasteiger partial charge is 0.141 e. The first-order valence-corrected chi connectivity index (χ1v) is 5.60. The molecule has 18 heavy (non-hydrogen) atoms. The molecule has 2 rings (SSSR count). The second-order valence-corrected chi connectivity index (χ2v) is 3.99. The number of nitrogens with zero attached hydrogens (tertiary/aromatic N) is 3. The number of hydrogen-bond acceptors (Lipinski definition) is 5. The van der Waals surface area contributed by atoms with Crippen molar-refractivity contribution in [3.63, 3.8) is 0 Å². The minimum Gasteiger partial charge on any atom is -0.497 e. The molecule has 1 aromatic carbocycles. The topological polar surface area (TPSA) is 64.3 Å². The Morgan fingerprint density at radius 3 is 2.78 bits per heavy atom. The Hall–Kier alpha value is -2.30.